The van der Waals surface area contributed by atoms with Crippen molar-refractivity contribution < 1.29 is 9.59 Å². The van der Waals surface area contributed by atoms with Crippen LogP contribution in [0.3, 0.4) is 0 Å². The molecule has 22 heavy (non-hydrogen) atoms. The molecule has 2 fully saturated rings. The Morgan fingerprint density at radius 1 is 1.09 bits per heavy atom. The van der Waals surface area contributed by atoms with E-state index in [1.165, 1.54) is 11.3 Å². The first-order chi connectivity index (χ1) is 10.1. The predicted octanol–water partition coefficient (Wildman–Crippen LogP) is 1.73. The Bertz CT molecular complexity index is 521. The van der Waals surface area contributed by atoms with Crippen molar-refractivity contribution in [3.63, 3.8) is 0 Å². The number of carbonyl (C=O) groups is 2. The topological polar surface area (TPSA) is 66.6 Å². The third-order valence-corrected chi connectivity index (χ3v) is 5.23. The zero-order valence-electron chi connectivity index (χ0n) is 12.5. The van der Waals surface area contributed by atoms with Gasteiger partial charge in [0.1, 0.15) is 0 Å². The first-order valence-corrected chi connectivity index (χ1v) is 8.44. The molecule has 7 heteroatoms. The number of hydrogen-bond donors (Lipinski definition) is 1. The lowest BCUT2D eigenvalue weighted by atomic mass is 9.97. The van der Waals surface area contributed by atoms with E-state index in [0.717, 1.165) is 31.2 Å². The van der Waals surface area contributed by atoms with Crippen LogP contribution in [-0.2, 0) is 4.79 Å². The van der Waals surface area contributed by atoms with Crippen LogP contribution in [0.15, 0.2) is 16.8 Å². The van der Waals surface area contributed by atoms with Crippen LogP contribution in [0.5, 0.6) is 0 Å². The zero-order chi connectivity index (χ0) is 14.9. The van der Waals surface area contributed by atoms with E-state index in [1.807, 2.05) is 26.6 Å². The van der Waals surface area contributed by atoms with Crippen LogP contribution in [0, 0.1) is 0 Å². The molecule has 1 aromatic heterocycles. The van der Waals surface area contributed by atoms with E-state index < -0.39 is 5.54 Å². The van der Waals surface area contributed by atoms with Gasteiger partial charge in [-0.05, 0) is 24.3 Å². The Balaban J connectivity index is 0.00000176. The van der Waals surface area contributed by atoms with Gasteiger partial charge in [0, 0.05) is 31.6 Å². The number of thiophene rings is 1. The summed E-state index contributed by atoms with van der Waals surface area (Å²) in [5.74, 6) is 0.134. The molecule has 1 saturated carbocycles. The minimum atomic E-state index is -0.653. The van der Waals surface area contributed by atoms with Crippen molar-refractivity contribution >= 4 is 35.6 Å². The maximum absolute atomic E-state index is 12.5. The number of piperazine rings is 1. The fourth-order valence-electron chi connectivity index (χ4n) is 3.22. The first-order valence-electron chi connectivity index (χ1n) is 7.50. The Kier molecular flexibility index (Phi) is 5.47. The van der Waals surface area contributed by atoms with E-state index in [4.69, 9.17) is 5.73 Å². The van der Waals surface area contributed by atoms with Gasteiger partial charge in [-0.3, -0.25) is 9.59 Å². The van der Waals surface area contributed by atoms with Gasteiger partial charge in [0.05, 0.1) is 11.1 Å². The number of nitrogens with two attached hydrogens (primary N) is 1. The lowest BCUT2D eigenvalue weighted by molar-refractivity contribution is -0.138. The fraction of sp³-hybridized carbons (Fsp3) is 0.600. The Morgan fingerprint density at radius 3 is 2.23 bits per heavy atom. The molecule has 122 valence electrons. The number of rotatable bonds is 2. The van der Waals surface area contributed by atoms with Gasteiger partial charge in [0.2, 0.25) is 5.91 Å². The summed E-state index contributed by atoms with van der Waals surface area (Å²) >= 11 is 1.53. The molecule has 3 rings (SSSR count). The molecule has 1 aromatic rings. The molecule has 0 radical (unpaired) electrons. The fourth-order valence-corrected chi connectivity index (χ4v) is 3.85. The van der Waals surface area contributed by atoms with Crippen molar-refractivity contribution in [1.82, 2.24) is 9.80 Å². The van der Waals surface area contributed by atoms with E-state index in [-0.39, 0.29) is 24.2 Å². The Morgan fingerprint density at radius 2 is 1.68 bits per heavy atom. The first kappa shape index (κ1) is 17.2. The molecular weight excluding hydrogens is 322 g/mol. The molecule has 0 bridgehead atoms. The standard InChI is InChI=1S/C15H21N3O2S.ClH/c16-15(4-1-2-5-15)14(20)18-8-6-17(7-9-18)13(19)12-3-10-21-11-12;/h3,10-11H,1-2,4-9,16H2;1H. The number of carbonyl (C=O) groups excluding carboxylic acids is 2. The van der Waals surface area contributed by atoms with Crippen LogP contribution in [0.2, 0.25) is 0 Å². The quantitative estimate of drug-likeness (QED) is 0.889. The summed E-state index contributed by atoms with van der Waals surface area (Å²) in [6, 6.07) is 1.85. The smallest absolute Gasteiger partial charge is 0.254 e. The zero-order valence-corrected chi connectivity index (χ0v) is 14.1. The van der Waals surface area contributed by atoms with Gasteiger partial charge in [-0.1, -0.05) is 12.8 Å². The van der Waals surface area contributed by atoms with E-state index in [0.29, 0.717) is 26.2 Å². The molecule has 2 amide bonds. The average molecular weight is 344 g/mol. The highest BCUT2D eigenvalue weighted by Crippen LogP contribution is 2.29. The highest BCUT2D eigenvalue weighted by molar-refractivity contribution is 7.08. The minimum Gasteiger partial charge on any atom is -0.338 e. The molecule has 0 aromatic carbocycles. The molecule has 0 unspecified atom stereocenters. The van der Waals surface area contributed by atoms with Crippen LogP contribution in [0.4, 0.5) is 0 Å². The largest absolute Gasteiger partial charge is 0.338 e. The van der Waals surface area contributed by atoms with Crippen LogP contribution in [-0.4, -0.2) is 53.3 Å². The molecule has 2 heterocycles. The summed E-state index contributed by atoms with van der Waals surface area (Å²) in [6.07, 6.45) is 3.66. The van der Waals surface area contributed by atoms with Gasteiger partial charge in [0.15, 0.2) is 0 Å². The molecule has 1 aliphatic heterocycles. The number of nitrogens with zero attached hydrogens (tertiary/aromatic N) is 2. The molecule has 5 nitrogen and oxygen atoms in total. The van der Waals surface area contributed by atoms with Crippen LogP contribution >= 0.6 is 23.7 Å². The Hall–Kier alpha value is -1.11. The molecule has 2 aliphatic rings. The molecular formula is C15H22ClN3O2S. The second kappa shape index (κ2) is 6.98. The maximum Gasteiger partial charge on any atom is 0.254 e. The van der Waals surface area contributed by atoms with Crippen LogP contribution < -0.4 is 5.73 Å². The summed E-state index contributed by atoms with van der Waals surface area (Å²) in [6.45, 7) is 2.37. The van der Waals surface area contributed by atoms with Gasteiger partial charge in [-0.25, -0.2) is 0 Å². The number of amides is 2. The van der Waals surface area contributed by atoms with Gasteiger partial charge >= 0.3 is 0 Å². The van der Waals surface area contributed by atoms with Crippen molar-refractivity contribution in [1.29, 1.82) is 0 Å². The molecule has 0 spiro atoms. The number of hydrogen-bond acceptors (Lipinski definition) is 4. The van der Waals surface area contributed by atoms with Crippen molar-refractivity contribution in [3.05, 3.63) is 22.4 Å². The highest BCUT2D eigenvalue weighted by atomic mass is 35.5. The van der Waals surface area contributed by atoms with E-state index in [2.05, 4.69) is 0 Å². The van der Waals surface area contributed by atoms with Crippen LogP contribution in [0.25, 0.3) is 0 Å². The van der Waals surface area contributed by atoms with E-state index in [9.17, 15) is 9.59 Å². The summed E-state index contributed by atoms with van der Waals surface area (Å²) < 4.78 is 0. The predicted molar refractivity (Wildman–Crippen MR) is 89.4 cm³/mol. The normalized spacial score (nSPS) is 20.6. The van der Waals surface area contributed by atoms with Gasteiger partial charge in [0.25, 0.3) is 5.91 Å². The summed E-state index contributed by atoms with van der Waals surface area (Å²) in [5, 5.41) is 3.78. The molecule has 1 aliphatic carbocycles. The minimum absolute atomic E-state index is 0. The second-order valence-corrected chi connectivity index (χ2v) is 6.74. The highest BCUT2D eigenvalue weighted by Gasteiger charge is 2.40. The summed E-state index contributed by atoms with van der Waals surface area (Å²) in [7, 11) is 0. The Labute approximate surface area is 140 Å². The third kappa shape index (κ3) is 3.29. The second-order valence-electron chi connectivity index (χ2n) is 5.96. The molecule has 0 atom stereocenters. The van der Waals surface area contributed by atoms with E-state index in [1.54, 1.807) is 0 Å². The van der Waals surface area contributed by atoms with E-state index >= 15 is 0 Å². The molecule has 1 saturated heterocycles. The average Bonchev–Trinajstić information content (AvgIpc) is 3.18. The lowest BCUT2D eigenvalue weighted by Crippen LogP contribution is -2.59. The summed E-state index contributed by atoms with van der Waals surface area (Å²) in [4.78, 5) is 28.4. The molecule has 2 N–H and O–H groups in total. The monoisotopic (exact) mass is 343 g/mol. The van der Waals surface area contributed by atoms with Crippen LogP contribution in [0.1, 0.15) is 36.0 Å². The SMILES string of the molecule is Cl.NC1(C(=O)N2CCN(C(=O)c3ccsc3)CC2)CCCC1. The van der Waals surface area contributed by atoms with Crippen molar-refractivity contribution in [2.24, 2.45) is 5.73 Å². The van der Waals surface area contributed by atoms with Crippen molar-refractivity contribution in [2.45, 2.75) is 31.2 Å². The van der Waals surface area contributed by atoms with Crippen molar-refractivity contribution in [3.8, 4) is 0 Å². The number of halogens is 1. The lowest BCUT2D eigenvalue weighted by Gasteiger charge is -2.38. The van der Waals surface area contributed by atoms with Crippen molar-refractivity contribution in [2.75, 3.05) is 26.2 Å². The summed E-state index contributed by atoms with van der Waals surface area (Å²) in [5.41, 5.74) is 6.32. The van der Waals surface area contributed by atoms with Gasteiger partial charge in [-0.2, -0.15) is 11.3 Å². The van der Waals surface area contributed by atoms with Gasteiger partial charge < -0.3 is 15.5 Å². The maximum atomic E-state index is 12.5. The third-order valence-electron chi connectivity index (χ3n) is 4.54. The van der Waals surface area contributed by atoms with Gasteiger partial charge in [-0.15, -0.1) is 12.4 Å².